The summed E-state index contributed by atoms with van der Waals surface area (Å²) in [5.74, 6) is 0.376. The van der Waals surface area contributed by atoms with Crippen LogP contribution in [-0.4, -0.2) is 26.2 Å². The van der Waals surface area contributed by atoms with Crippen LogP contribution < -0.4 is 20.5 Å². The maximum absolute atomic E-state index is 11.9. The predicted octanol–water partition coefficient (Wildman–Crippen LogP) is 2.48. The molecule has 2 rings (SSSR count). The van der Waals surface area contributed by atoms with E-state index in [1.54, 1.807) is 55.6 Å². The lowest BCUT2D eigenvalue weighted by Gasteiger charge is -2.16. The van der Waals surface area contributed by atoms with Crippen molar-refractivity contribution in [2.75, 3.05) is 14.2 Å². The zero-order chi connectivity index (χ0) is 18.2. The number of ether oxygens (including phenoxy) is 3. The molecule has 0 aliphatic carbocycles. The Morgan fingerprint density at radius 3 is 1.96 bits per heavy atom. The summed E-state index contributed by atoms with van der Waals surface area (Å²) < 4.78 is 15.2. The molecule has 0 bridgehead atoms. The number of rotatable bonds is 7. The van der Waals surface area contributed by atoms with Crippen LogP contribution in [0.1, 0.15) is 17.2 Å². The second kappa shape index (κ2) is 8.58. The molecule has 2 aromatic carbocycles. The lowest BCUT2D eigenvalue weighted by molar-refractivity contribution is -0.120. The molecule has 2 N–H and O–H groups in total. The summed E-state index contributed by atoms with van der Waals surface area (Å²) in [5, 5.41) is 2.40. The topological polar surface area (TPSA) is 97.7 Å². The van der Waals surface area contributed by atoms with Crippen molar-refractivity contribution in [3.05, 3.63) is 59.7 Å². The number of carbonyl (C=O) groups is 2. The molecule has 0 saturated heterocycles. The van der Waals surface area contributed by atoms with Gasteiger partial charge < -0.3 is 19.5 Å². The summed E-state index contributed by atoms with van der Waals surface area (Å²) in [6.07, 6.45) is -0.780. The van der Waals surface area contributed by atoms with E-state index in [-0.39, 0.29) is 6.61 Å². The molecule has 25 heavy (non-hydrogen) atoms. The average Bonchev–Trinajstić information content (AvgIpc) is 2.64. The highest BCUT2D eigenvalue weighted by Gasteiger charge is 2.21. The first-order chi connectivity index (χ1) is 12.0. The number of benzene rings is 2. The molecule has 1 unspecified atom stereocenters. The van der Waals surface area contributed by atoms with Gasteiger partial charge in [-0.25, -0.2) is 4.79 Å². The Morgan fingerprint density at radius 2 is 1.48 bits per heavy atom. The molecular formula is C18H19N2O5. The minimum absolute atomic E-state index is 0.0390. The number of alkyl carbamates (subject to hydrolysis) is 1. The van der Waals surface area contributed by atoms with Gasteiger partial charge in [-0.3, -0.25) is 10.5 Å². The van der Waals surface area contributed by atoms with Gasteiger partial charge in [0.15, 0.2) is 0 Å². The Balaban J connectivity index is 1.95. The summed E-state index contributed by atoms with van der Waals surface area (Å²) in [5.41, 5.74) is 8.60. The van der Waals surface area contributed by atoms with Crippen LogP contribution in [0.3, 0.4) is 0 Å². The van der Waals surface area contributed by atoms with E-state index in [0.717, 1.165) is 5.56 Å². The van der Waals surface area contributed by atoms with Gasteiger partial charge in [-0.1, -0.05) is 24.3 Å². The van der Waals surface area contributed by atoms with Crippen LogP contribution >= 0.6 is 0 Å². The van der Waals surface area contributed by atoms with Gasteiger partial charge in [0.1, 0.15) is 24.1 Å². The van der Waals surface area contributed by atoms with Crippen LogP contribution in [0.5, 0.6) is 11.5 Å². The lowest BCUT2D eigenvalue weighted by Crippen LogP contribution is -2.34. The Bertz CT molecular complexity index is 713. The molecule has 131 valence electrons. The van der Waals surface area contributed by atoms with Crippen molar-refractivity contribution < 1.29 is 23.8 Å². The molecule has 2 amide bonds. The fourth-order valence-corrected chi connectivity index (χ4v) is 2.13. The lowest BCUT2D eigenvalue weighted by atomic mass is 10.1. The number of nitrogens with one attached hydrogen (secondary N) is 2. The minimum atomic E-state index is -1.10. The SMILES string of the molecule is COc1ccc(COC(=O)NC(C([NH])=O)c2ccc(OC)cc2)cc1. The third-order valence-corrected chi connectivity index (χ3v) is 3.50. The van der Waals surface area contributed by atoms with E-state index in [0.29, 0.717) is 17.1 Å². The first-order valence-electron chi connectivity index (χ1n) is 7.49. The Labute approximate surface area is 145 Å². The first-order valence-corrected chi connectivity index (χ1v) is 7.49. The van der Waals surface area contributed by atoms with E-state index in [2.05, 4.69) is 5.32 Å². The zero-order valence-electron chi connectivity index (χ0n) is 13.9. The van der Waals surface area contributed by atoms with Crippen molar-refractivity contribution in [1.29, 1.82) is 0 Å². The van der Waals surface area contributed by atoms with Gasteiger partial charge in [0, 0.05) is 0 Å². The van der Waals surface area contributed by atoms with Crippen molar-refractivity contribution in [1.82, 2.24) is 11.1 Å². The Morgan fingerprint density at radius 1 is 0.960 bits per heavy atom. The molecule has 1 radical (unpaired) electrons. The normalized spacial score (nSPS) is 11.3. The highest BCUT2D eigenvalue weighted by molar-refractivity contribution is 5.85. The summed E-state index contributed by atoms with van der Waals surface area (Å²) >= 11 is 0. The third-order valence-electron chi connectivity index (χ3n) is 3.50. The second-order valence-corrected chi connectivity index (χ2v) is 5.14. The number of carbonyl (C=O) groups excluding carboxylic acids is 2. The molecule has 0 fully saturated rings. The van der Waals surface area contributed by atoms with Crippen LogP contribution in [0.15, 0.2) is 48.5 Å². The van der Waals surface area contributed by atoms with Crippen LogP contribution in [0.4, 0.5) is 4.79 Å². The molecule has 0 saturated carbocycles. The summed E-state index contributed by atoms with van der Waals surface area (Å²) in [6, 6.07) is 12.5. The molecule has 7 heteroatoms. The molecule has 1 atom stereocenters. The number of amides is 2. The van der Waals surface area contributed by atoms with Gasteiger partial charge in [-0.05, 0) is 35.4 Å². The van der Waals surface area contributed by atoms with Crippen LogP contribution in [-0.2, 0) is 16.1 Å². The summed E-state index contributed by atoms with van der Waals surface area (Å²) in [7, 11) is 3.09. The average molecular weight is 343 g/mol. The monoisotopic (exact) mass is 343 g/mol. The van der Waals surface area contributed by atoms with Crippen LogP contribution in [0.2, 0.25) is 0 Å². The van der Waals surface area contributed by atoms with Crippen molar-refractivity contribution >= 4 is 12.0 Å². The quantitative estimate of drug-likeness (QED) is 0.833. The van der Waals surface area contributed by atoms with E-state index in [1.807, 2.05) is 0 Å². The van der Waals surface area contributed by atoms with Gasteiger partial charge in [0.25, 0.3) is 5.91 Å². The zero-order valence-corrected chi connectivity index (χ0v) is 13.9. The van der Waals surface area contributed by atoms with E-state index in [9.17, 15) is 9.59 Å². The molecule has 0 heterocycles. The van der Waals surface area contributed by atoms with Crippen LogP contribution in [0.25, 0.3) is 0 Å². The maximum atomic E-state index is 11.9. The van der Waals surface area contributed by atoms with Gasteiger partial charge in [-0.15, -0.1) is 0 Å². The van der Waals surface area contributed by atoms with E-state index < -0.39 is 18.0 Å². The smallest absolute Gasteiger partial charge is 0.408 e. The number of hydrogen-bond donors (Lipinski definition) is 1. The summed E-state index contributed by atoms with van der Waals surface area (Å²) in [4.78, 5) is 23.5. The van der Waals surface area contributed by atoms with E-state index in [4.69, 9.17) is 19.9 Å². The van der Waals surface area contributed by atoms with Crippen molar-refractivity contribution in [2.24, 2.45) is 0 Å². The fraction of sp³-hybridized carbons (Fsp3) is 0.222. The van der Waals surface area contributed by atoms with Gasteiger partial charge in [0.05, 0.1) is 14.2 Å². The fourth-order valence-electron chi connectivity index (χ4n) is 2.13. The van der Waals surface area contributed by atoms with Crippen molar-refractivity contribution in [3.63, 3.8) is 0 Å². The standard InChI is InChI=1S/C18H19N2O5/c1-23-14-7-3-12(4-8-14)11-25-18(22)20-16(17(19)21)13-5-9-15(24-2)10-6-13/h3-10,16,19H,11H2,1-2H3,(H,20,22). The molecule has 0 spiro atoms. The molecule has 2 aromatic rings. The van der Waals surface area contributed by atoms with Gasteiger partial charge >= 0.3 is 6.09 Å². The maximum Gasteiger partial charge on any atom is 0.408 e. The molecular weight excluding hydrogens is 324 g/mol. The molecule has 0 aliphatic heterocycles. The van der Waals surface area contributed by atoms with Crippen molar-refractivity contribution in [2.45, 2.75) is 12.6 Å². The molecule has 7 nitrogen and oxygen atoms in total. The van der Waals surface area contributed by atoms with E-state index >= 15 is 0 Å². The van der Waals surface area contributed by atoms with Gasteiger partial charge in [-0.2, -0.15) is 0 Å². The Hall–Kier alpha value is -3.22. The highest BCUT2D eigenvalue weighted by Crippen LogP contribution is 2.18. The van der Waals surface area contributed by atoms with E-state index in [1.165, 1.54) is 7.11 Å². The summed E-state index contributed by atoms with van der Waals surface area (Å²) in [6.45, 7) is 0.0390. The predicted molar refractivity (Wildman–Crippen MR) is 90.2 cm³/mol. The largest absolute Gasteiger partial charge is 0.497 e. The van der Waals surface area contributed by atoms with Crippen molar-refractivity contribution in [3.8, 4) is 11.5 Å². The third kappa shape index (κ3) is 5.13. The first kappa shape index (κ1) is 18.1. The van der Waals surface area contributed by atoms with Gasteiger partial charge in [0.2, 0.25) is 0 Å². The minimum Gasteiger partial charge on any atom is -0.497 e. The number of methoxy groups -OCH3 is 2. The number of hydrogen-bond acceptors (Lipinski definition) is 5. The second-order valence-electron chi connectivity index (χ2n) is 5.14. The molecule has 0 aromatic heterocycles. The van der Waals surface area contributed by atoms with Crippen LogP contribution in [0, 0.1) is 0 Å². The molecule has 0 aliphatic rings. The highest BCUT2D eigenvalue weighted by atomic mass is 16.5. The Kier molecular flexibility index (Phi) is 6.22.